The highest BCUT2D eigenvalue weighted by Gasteiger charge is 2.13. The number of benzene rings is 2. The molecule has 0 aliphatic carbocycles. The zero-order valence-electron chi connectivity index (χ0n) is 15.0. The lowest BCUT2D eigenvalue weighted by Gasteiger charge is -2.27. The molecule has 1 aliphatic rings. The molecule has 140 valence electrons. The van der Waals surface area contributed by atoms with Crippen molar-refractivity contribution in [1.82, 2.24) is 9.88 Å². The maximum absolute atomic E-state index is 13.1. The van der Waals surface area contributed by atoms with Gasteiger partial charge < -0.3 is 14.5 Å². The minimum absolute atomic E-state index is 0.267. The Bertz CT molecular complexity index is 873. The fourth-order valence-electron chi connectivity index (χ4n) is 3.14. The lowest BCUT2D eigenvalue weighted by atomic mass is 10.1. The first-order chi connectivity index (χ1) is 13.3. The van der Waals surface area contributed by atoms with Crippen molar-refractivity contribution in [3.05, 3.63) is 72.0 Å². The van der Waals surface area contributed by atoms with E-state index in [-0.39, 0.29) is 5.82 Å². The van der Waals surface area contributed by atoms with Gasteiger partial charge in [0.1, 0.15) is 5.82 Å². The van der Waals surface area contributed by atoms with Crippen LogP contribution >= 0.6 is 0 Å². The van der Waals surface area contributed by atoms with Crippen LogP contribution in [0.3, 0.4) is 0 Å². The van der Waals surface area contributed by atoms with Crippen LogP contribution < -0.4 is 5.32 Å². The third-order valence-corrected chi connectivity index (χ3v) is 4.63. The molecule has 2 heterocycles. The summed E-state index contributed by atoms with van der Waals surface area (Å²) in [7, 11) is 0. The minimum Gasteiger partial charge on any atom is -0.439 e. The van der Waals surface area contributed by atoms with Crippen molar-refractivity contribution in [3.63, 3.8) is 0 Å². The number of halogens is 1. The van der Waals surface area contributed by atoms with Crippen LogP contribution in [-0.2, 0) is 17.8 Å². The van der Waals surface area contributed by atoms with Gasteiger partial charge in [0.15, 0.2) is 5.76 Å². The largest absolute Gasteiger partial charge is 0.439 e. The molecular formula is C21H22FN3O2. The van der Waals surface area contributed by atoms with E-state index in [0.29, 0.717) is 18.2 Å². The number of ether oxygens (including phenoxy) is 1. The van der Waals surface area contributed by atoms with Crippen LogP contribution in [-0.4, -0.2) is 36.2 Å². The maximum atomic E-state index is 13.1. The van der Waals surface area contributed by atoms with E-state index < -0.39 is 0 Å². The van der Waals surface area contributed by atoms with E-state index >= 15 is 0 Å². The molecule has 5 nitrogen and oxygen atoms in total. The second-order valence-electron chi connectivity index (χ2n) is 6.52. The molecule has 27 heavy (non-hydrogen) atoms. The molecule has 0 bridgehead atoms. The summed E-state index contributed by atoms with van der Waals surface area (Å²) < 4.78 is 24.3. The molecule has 1 saturated heterocycles. The molecule has 4 rings (SSSR count). The predicted octanol–water partition coefficient (Wildman–Crippen LogP) is 3.93. The van der Waals surface area contributed by atoms with Gasteiger partial charge in [0, 0.05) is 30.9 Å². The van der Waals surface area contributed by atoms with Crippen LogP contribution in [0.2, 0.25) is 0 Å². The molecule has 0 saturated carbocycles. The van der Waals surface area contributed by atoms with Crippen LogP contribution in [0, 0.1) is 5.82 Å². The standard InChI is InChI=1S/C21H22FN3O2/c22-18-7-5-16(6-8-18)20-13-24-21(27-20)14-23-19-4-2-1-3-17(19)15-25-9-11-26-12-10-25/h1-8,13,23H,9-12,14-15H2. The Labute approximate surface area is 157 Å². The van der Waals surface area contributed by atoms with Crippen molar-refractivity contribution in [2.24, 2.45) is 0 Å². The van der Waals surface area contributed by atoms with Crippen molar-refractivity contribution >= 4 is 5.69 Å². The second-order valence-corrected chi connectivity index (χ2v) is 6.52. The van der Waals surface area contributed by atoms with E-state index in [0.717, 1.165) is 44.1 Å². The van der Waals surface area contributed by atoms with Crippen molar-refractivity contribution in [2.45, 2.75) is 13.1 Å². The summed E-state index contributed by atoms with van der Waals surface area (Å²) in [6.45, 7) is 4.86. The van der Waals surface area contributed by atoms with Crippen LogP contribution in [0.15, 0.2) is 59.1 Å². The summed E-state index contributed by atoms with van der Waals surface area (Å²) in [5, 5.41) is 3.42. The molecule has 3 aromatic rings. The van der Waals surface area contributed by atoms with Gasteiger partial charge in [0.2, 0.25) is 5.89 Å². The Hall–Kier alpha value is -2.70. The number of nitrogens with zero attached hydrogens (tertiary/aromatic N) is 2. The highest BCUT2D eigenvalue weighted by atomic mass is 19.1. The molecule has 6 heteroatoms. The number of anilines is 1. The molecule has 0 amide bonds. The van der Waals surface area contributed by atoms with E-state index in [1.807, 2.05) is 6.07 Å². The quantitative estimate of drug-likeness (QED) is 0.716. The van der Waals surface area contributed by atoms with Gasteiger partial charge in [0.05, 0.1) is 26.0 Å². The Kier molecular flexibility index (Phi) is 5.46. The molecule has 1 fully saturated rings. The Morgan fingerprint density at radius 1 is 1.04 bits per heavy atom. The SMILES string of the molecule is Fc1ccc(-c2cnc(CNc3ccccc3CN3CCOCC3)o2)cc1. The molecule has 0 spiro atoms. The lowest BCUT2D eigenvalue weighted by Crippen LogP contribution is -2.35. The third kappa shape index (κ3) is 4.53. The molecule has 1 N–H and O–H groups in total. The van der Waals surface area contributed by atoms with Crippen LogP contribution in [0.1, 0.15) is 11.5 Å². The van der Waals surface area contributed by atoms with Gasteiger partial charge in [-0.25, -0.2) is 9.37 Å². The Morgan fingerprint density at radius 2 is 1.81 bits per heavy atom. The summed E-state index contributed by atoms with van der Waals surface area (Å²) in [6.07, 6.45) is 1.67. The predicted molar refractivity (Wildman–Crippen MR) is 102 cm³/mol. The summed E-state index contributed by atoms with van der Waals surface area (Å²) >= 11 is 0. The number of rotatable bonds is 6. The summed E-state index contributed by atoms with van der Waals surface area (Å²) in [4.78, 5) is 6.72. The van der Waals surface area contributed by atoms with E-state index in [2.05, 4.69) is 33.4 Å². The topological polar surface area (TPSA) is 50.5 Å². The number of oxazole rings is 1. The monoisotopic (exact) mass is 367 g/mol. The third-order valence-electron chi connectivity index (χ3n) is 4.63. The van der Waals surface area contributed by atoms with E-state index in [1.165, 1.54) is 17.7 Å². The second kappa shape index (κ2) is 8.33. The average Bonchev–Trinajstić information content (AvgIpc) is 3.18. The number of nitrogens with one attached hydrogen (secondary N) is 1. The molecular weight excluding hydrogens is 345 g/mol. The van der Waals surface area contributed by atoms with Gasteiger partial charge in [0.25, 0.3) is 0 Å². The van der Waals surface area contributed by atoms with E-state index in [4.69, 9.17) is 9.15 Å². The fraction of sp³-hybridized carbons (Fsp3) is 0.286. The summed E-state index contributed by atoms with van der Waals surface area (Å²) in [6, 6.07) is 14.5. The molecule has 0 atom stereocenters. The normalized spacial score (nSPS) is 15.0. The van der Waals surface area contributed by atoms with Gasteiger partial charge in [-0.3, -0.25) is 4.90 Å². The van der Waals surface area contributed by atoms with Gasteiger partial charge in [-0.05, 0) is 35.9 Å². The van der Waals surface area contributed by atoms with Crippen LogP contribution in [0.25, 0.3) is 11.3 Å². The van der Waals surface area contributed by atoms with E-state index in [9.17, 15) is 4.39 Å². The number of para-hydroxylation sites is 1. The smallest absolute Gasteiger partial charge is 0.214 e. The summed E-state index contributed by atoms with van der Waals surface area (Å²) in [5.41, 5.74) is 3.12. The maximum Gasteiger partial charge on any atom is 0.214 e. The molecule has 2 aromatic carbocycles. The van der Waals surface area contributed by atoms with Gasteiger partial charge >= 0.3 is 0 Å². The lowest BCUT2D eigenvalue weighted by molar-refractivity contribution is 0.0342. The number of morpholine rings is 1. The molecule has 0 radical (unpaired) electrons. The van der Waals surface area contributed by atoms with Gasteiger partial charge in [-0.1, -0.05) is 18.2 Å². The first-order valence-electron chi connectivity index (χ1n) is 9.10. The number of hydrogen-bond acceptors (Lipinski definition) is 5. The van der Waals surface area contributed by atoms with Crippen molar-refractivity contribution in [3.8, 4) is 11.3 Å². The Balaban J connectivity index is 1.41. The molecule has 0 unspecified atom stereocenters. The van der Waals surface area contributed by atoms with Crippen molar-refractivity contribution in [2.75, 3.05) is 31.6 Å². The van der Waals surface area contributed by atoms with Gasteiger partial charge in [-0.15, -0.1) is 0 Å². The number of aromatic nitrogens is 1. The first kappa shape index (κ1) is 17.7. The first-order valence-corrected chi connectivity index (χ1v) is 9.10. The zero-order chi connectivity index (χ0) is 18.5. The fourth-order valence-corrected chi connectivity index (χ4v) is 3.14. The van der Waals surface area contributed by atoms with Crippen LogP contribution in [0.5, 0.6) is 0 Å². The number of hydrogen-bond donors (Lipinski definition) is 1. The summed E-state index contributed by atoms with van der Waals surface area (Å²) in [5.74, 6) is 0.959. The minimum atomic E-state index is -0.267. The van der Waals surface area contributed by atoms with Crippen molar-refractivity contribution in [1.29, 1.82) is 0 Å². The highest BCUT2D eigenvalue weighted by molar-refractivity contribution is 5.56. The Morgan fingerprint density at radius 3 is 2.63 bits per heavy atom. The molecule has 1 aromatic heterocycles. The zero-order valence-corrected chi connectivity index (χ0v) is 15.0. The molecule has 1 aliphatic heterocycles. The van der Waals surface area contributed by atoms with Gasteiger partial charge in [-0.2, -0.15) is 0 Å². The van der Waals surface area contributed by atoms with E-state index in [1.54, 1.807) is 18.3 Å². The average molecular weight is 367 g/mol. The van der Waals surface area contributed by atoms with Crippen LogP contribution in [0.4, 0.5) is 10.1 Å². The van der Waals surface area contributed by atoms with Crippen molar-refractivity contribution < 1.29 is 13.5 Å². The highest BCUT2D eigenvalue weighted by Crippen LogP contribution is 2.22.